The van der Waals surface area contributed by atoms with Crippen molar-refractivity contribution >= 4 is 17.7 Å². The van der Waals surface area contributed by atoms with Gasteiger partial charge in [-0.1, -0.05) is 93.1 Å². The molecule has 3 aromatic carbocycles. The highest BCUT2D eigenvalue weighted by atomic mass is 16.5. The highest BCUT2D eigenvalue weighted by molar-refractivity contribution is 5.97. The Bertz CT molecular complexity index is 1740. The fraction of sp³-hybridized carbons (Fsp3) is 0.429. The molecule has 1 aromatic heterocycles. The number of hydrogen-bond acceptors (Lipinski definition) is 7. The summed E-state index contributed by atoms with van der Waals surface area (Å²) in [5.74, 6) is -0.184. The Labute approximate surface area is 312 Å². The molecule has 3 amide bonds. The van der Waals surface area contributed by atoms with Gasteiger partial charge in [-0.3, -0.25) is 14.4 Å². The number of carbonyl (C=O) groups is 3. The number of amides is 3. The molecule has 5 rings (SSSR count). The zero-order valence-corrected chi connectivity index (χ0v) is 31.1. The van der Waals surface area contributed by atoms with Gasteiger partial charge in [0.05, 0.1) is 25.6 Å². The van der Waals surface area contributed by atoms with E-state index in [1.54, 1.807) is 24.5 Å². The van der Waals surface area contributed by atoms with Gasteiger partial charge in [-0.25, -0.2) is 4.98 Å². The molecule has 0 bridgehead atoms. The second kappa shape index (κ2) is 19.2. The van der Waals surface area contributed by atoms with Crippen LogP contribution in [0, 0.1) is 5.92 Å². The van der Waals surface area contributed by atoms with E-state index in [1.807, 2.05) is 98.8 Å². The van der Waals surface area contributed by atoms with Crippen LogP contribution in [0.3, 0.4) is 0 Å². The van der Waals surface area contributed by atoms with Gasteiger partial charge in [0.25, 0.3) is 0 Å². The van der Waals surface area contributed by atoms with Crippen LogP contribution < -0.4 is 20.7 Å². The minimum Gasteiger partial charge on any atom is -0.497 e. The summed E-state index contributed by atoms with van der Waals surface area (Å²) in [6.45, 7) is 5.06. The molecule has 53 heavy (non-hydrogen) atoms. The van der Waals surface area contributed by atoms with E-state index >= 15 is 0 Å². The predicted octanol–water partition coefficient (Wildman–Crippen LogP) is 4.36. The number of likely N-dealkylation sites (tertiary alicyclic amines) is 1. The number of aliphatic hydroxyl groups excluding tert-OH is 1. The van der Waals surface area contributed by atoms with Gasteiger partial charge in [-0.15, -0.1) is 0 Å². The molecule has 0 spiro atoms. The summed E-state index contributed by atoms with van der Waals surface area (Å²) in [6, 6.07) is 25.9. The maximum atomic E-state index is 14.6. The minimum atomic E-state index is -1.13. The molecule has 4 aromatic rings. The number of carbonyl (C=O) groups excluding carboxylic acids is 3. The van der Waals surface area contributed by atoms with Gasteiger partial charge >= 0.3 is 0 Å². The number of hydrogen-bond donors (Lipinski definition) is 5. The second-order valence-corrected chi connectivity index (χ2v) is 14.0. The fourth-order valence-corrected chi connectivity index (χ4v) is 7.18. The molecule has 5 atom stereocenters. The Morgan fingerprint density at radius 1 is 1.00 bits per heavy atom. The normalized spacial score (nSPS) is 17.9. The van der Waals surface area contributed by atoms with Crippen LogP contribution in [0.2, 0.25) is 0 Å². The summed E-state index contributed by atoms with van der Waals surface area (Å²) < 4.78 is 5.35. The van der Waals surface area contributed by atoms with Crippen molar-refractivity contribution in [1.29, 1.82) is 0 Å². The summed E-state index contributed by atoms with van der Waals surface area (Å²) in [5, 5.41) is 21.2. The number of aliphatic hydroxyl groups is 1. The maximum absolute atomic E-state index is 14.6. The van der Waals surface area contributed by atoms with Crippen LogP contribution in [0.1, 0.15) is 61.9 Å². The molecule has 0 saturated carbocycles. The van der Waals surface area contributed by atoms with Gasteiger partial charge in [0.2, 0.25) is 17.7 Å². The summed E-state index contributed by atoms with van der Waals surface area (Å²) in [7, 11) is 1.63. The zero-order chi connectivity index (χ0) is 37.6. The number of rotatable bonds is 20. The molecule has 1 aliphatic rings. The van der Waals surface area contributed by atoms with E-state index in [9.17, 15) is 19.5 Å². The molecule has 282 valence electrons. The lowest BCUT2D eigenvalue weighted by atomic mass is 9.81. The smallest absolute Gasteiger partial charge is 0.249 e. The van der Waals surface area contributed by atoms with Gasteiger partial charge < -0.3 is 35.7 Å². The van der Waals surface area contributed by atoms with Gasteiger partial charge in [0.15, 0.2) is 0 Å². The number of nitrogens with one attached hydrogen (secondary N) is 4. The van der Waals surface area contributed by atoms with Crippen molar-refractivity contribution in [3.63, 3.8) is 0 Å². The molecule has 11 heteroatoms. The third kappa shape index (κ3) is 10.5. The second-order valence-electron chi connectivity index (χ2n) is 14.0. The first-order valence-electron chi connectivity index (χ1n) is 18.7. The van der Waals surface area contributed by atoms with Crippen molar-refractivity contribution in [2.24, 2.45) is 5.92 Å². The van der Waals surface area contributed by atoms with E-state index in [1.165, 1.54) is 0 Å². The number of aromatic amines is 1. The number of H-pyrrole nitrogens is 1. The monoisotopic (exact) mass is 722 g/mol. The molecule has 5 N–H and O–H groups in total. The number of imidazole rings is 1. The van der Waals surface area contributed by atoms with Crippen LogP contribution in [-0.4, -0.2) is 81.6 Å². The summed E-state index contributed by atoms with van der Waals surface area (Å²) in [5.41, 5.74) is 2.75. The van der Waals surface area contributed by atoms with Crippen LogP contribution in [0.5, 0.6) is 5.75 Å². The average Bonchev–Trinajstić information content (AvgIpc) is 3.82. The molecule has 1 saturated heterocycles. The van der Waals surface area contributed by atoms with Crippen molar-refractivity contribution in [3.8, 4) is 5.75 Å². The topological polar surface area (TPSA) is 149 Å². The number of aromatic nitrogens is 2. The van der Waals surface area contributed by atoms with Crippen molar-refractivity contribution in [3.05, 3.63) is 120 Å². The maximum Gasteiger partial charge on any atom is 0.249 e. The molecule has 2 heterocycles. The summed E-state index contributed by atoms with van der Waals surface area (Å²) in [6.07, 6.45) is 5.45. The minimum absolute atomic E-state index is 0.155. The number of aryl methyl sites for hydroxylation is 2. The van der Waals surface area contributed by atoms with Crippen LogP contribution in [0.4, 0.5) is 0 Å². The Morgan fingerprint density at radius 2 is 1.72 bits per heavy atom. The van der Waals surface area contributed by atoms with E-state index in [0.717, 1.165) is 28.1 Å². The van der Waals surface area contributed by atoms with Gasteiger partial charge in [-0.05, 0) is 66.8 Å². The number of ether oxygens (including phenoxy) is 1. The largest absolute Gasteiger partial charge is 0.497 e. The highest BCUT2D eigenvalue weighted by Gasteiger charge is 2.53. The molecule has 1 fully saturated rings. The van der Waals surface area contributed by atoms with Crippen molar-refractivity contribution in [2.75, 3.05) is 20.2 Å². The Hall–Kier alpha value is -5.00. The first kappa shape index (κ1) is 39.2. The van der Waals surface area contributed by atoms with Crippen LogP contribution in [-0.2, 0) is 40.2 Å². The van der Waals surface area contributed by atoms with E-state index in [0.29, 0.717) is 51.6 Å². The van der Waals surface area contributed by atoms with E-state index < -0.39 is 23.7 Å². The third-order valence-electron chi connectivity index (χ3n) is 10.5. The molecular formula is C42H54N6O5. The van der Waals surface area contributed by atoms with Crippen molar-refractivity contribution in [2.45, 2.75) is 89.1 Å². The van der Waals surface area contributed by atoms with Crippen LogP contribution >= 0.6 is 0 Å². The molecule has 0 aliphatic carbocycles. The average molecular weight is 723 g/mol. The first-order chi connectivity index (χ1) is 25.7. The van der Waals surface area contributed by atoms with Crippen LogP contribution in [0.25, 0.3) is 0 Å². The Balaban J connectivity index is 1.35. The van der Waals surface area contributed by atoms with E-state index in [-0.39, 0.29) is 36.6 Å². The van der Waals surface area contributed by atoms with Gasteiger partial charge in [-0.2, -0.15) is 0 Å². The zero-order valence-electron chi connectivity index (χ0n) is 31.1. The SMILES string of the molecule is CC[C@H](C)C1(NC(=O)CCc2cnc[nH]2)CCN([C@@H](CCc2ccccc2)C(=O)N[C@@H](Cc2ccccc2)[C@H](O)CNCc2cccc(OC)c2)C1=O. The standard InChI is InChI=1S/C42H54N6O5/c1-4-30(2)42(47-39(50)21-19-34-27-44-29-45-34)22-23-48(41(42)52)37(20-18-31-12-7-5-8-13-31)40(51)46-36(25-32-14-9-6-10-15-32)38(49)28-43-26-33-16-11-17-35(24-33)53-3/h5-17,24,27,29-30,36-38,43,49H,4,18-23,25-26,28H2,1-3H3,(H,44,45)(H,46,51)(H,47,50)/t30-,36-,37-,38+,42?/m0/s1. The van der Waals surface area contributed by atoms with E-state index in [2.05, 4.69) is 25.9 Å². The van der Waals surface area contributed by atoms with Gasteiger partial charge in [0, 0.05) is 37.9 Å². The molecule has 0 radical (unpaired) electrons. The van der Waals surface area contributed by atoms with Gasteiger partial charge in [0.1, 0.15) is 17.3 Å². The first-order valence-corrected chi connectivity index (χ1v) is 18.7. The quantitative estimate of drug-likeness (QED) is 0.0911. The van der Waals surface area contributed by atoms with Crippen molar-refractivity contribution in [1.82, 2.24) is 30.8 Å². The Morgan fingerprint density at radius 3 is 2.40 bits per heavy atom. The molecular weight excluding hydrogens is 668 g/mol. The predicted molar refractivity (Wildman–Crippen MR) is 205 cm³/mol. The van der Waals surface area contributed by atoms with Crippen LogP contribution in [0.15, 0.2) is 97.5 Å². The lowest BCUT2D eigenvalue weighted by molar-refractivity contribution is -0.144. The van der Waals surface area contributed by atoms with E-state index in [4.69, 9.17) is 4.74 Å². The number of nitrogens with zero attached hydrogens (tertiary/aromatic N) is 2. The number of methoxy groups -OCH3 is 1. The highest BCUT2D eigenvalue weighted by Crippen LogP contribution is 2.35. The molecule has 1 aliphatic heterocycles. The fourth-order valence-electron chi connectivity index (χ4n) is 7.18. The van der Waals surface area contributed by atoms with Crippen molar-refractivity contribution < 1.29 is 24.2 Å². The summed E-state index contributed by atoms with van der Waals surface area (Å²) in [4.78, 5) is 51.2. The third-order valence-corrected chi connectivity index (χ3v) is 10.5. The lowest BCUT2D eigenvalue weighted by Crippen LogP contribution is -2.61. The lowest BCUT2D eigenvalue weighted by Gasteiger charge is -2.36. The molecule has 11 nitrogen and oxygen atoms in total. The Kier molecular flexibility index (Phi) is 14.2. The molecule has 1 unspecified atom stereocenters. The summed E-state index contributed by atoms with van der Waals surface area (Å²) >= 11 is 0. The number of benzene rings is 3.